The predicted octanol–water partition coefficient (Wildman–Crippen LogP) is 5.23. The number of hydrogen-bond donors (Lipinski definition) is 1. The van der Waals surface area contributed by atoms with Gasteiger partial charge in [0.05, 0.1) is 18.2 Å². The standard InChI is InChI=1S/C31H35ClN4O2S/c1-22-10-12-24(13-11-22)21-36-27-8-3-4-9-28(27)39-29(31(36)38)23(2)30(37)33-14-15-34-16-18-35(19-17-34)26-7-5-6-25(32)20-26/h3-13,20,23,29H,14-19,21H2,1-2H3,(H,33,37)/t23-,29-/m0/s1. The molecule has 204 valence electrons. The van der Waals surface area contributed by atoms with Crippen LogP contribution >= 0.6 is 23.4 Å². The lowest BCUT2D eigenvalue weighted by Gasteiger charge is -2.37. The van der Waals surface area contributed by atoms with Crippen LogP contribution in [0.5, 0.6) is 0 Å². The number of carbonyl (C=O) groups is 2. The summed E-state index contributed by atoms with van der Waals surface area (Å²) >= 11 is 7.65. The van der Waals surface area contributed by atoms with Crippen LogP contribution in [0.2, 0.25) is 5.02 Å². The number of nitrogens with zero attached hydrogens (tertiary/aromatic N) is 3. The number of aryl methyl sites for hydroxylation is 1. The highest BCUT2D eigenvalue weighted by molar-refractivity contribution is 8.01. The van der Waals surface area contributed by atoms with Crippen molar-refractivity contribution in [3.63, 3.8) is 0 Å². The lowest BCUT2D eigenvalue weighted by Crippen LogP contribution is -2.50. The number of rotatable bonds is 8. The molecule has 1 N–H and O–H groups in total. The summed E-state index contributed by atoms with van der Waals surface area (Å²) in [7, 11) is 0. The number of nitrogens with one attached hydrogen (secondary N) is 1. The van der Waals surface area contributed by atoms with Crippen LogP contribution in [0.1, 0.15) is 18.1 Å². The van der Waals surface area contributed by atoms with Gasteiger partial charge < -0.3 is 15.1 Å². The van der Waals surface area contributed by atoms with Crippen molar-refractivity contribution in [3.05, 3.63) is 88.9 Å². The second-order valence-electron chi connectivity index (χ2n) is 10.3. The summed E-state index contributed by atoms with van der Waals surface area (Å²) in [5.41, 5.74) is 4.32. The number of benzene rings is 3. The van der Waals surface area contributed by atoms with E-state index in [0.29, 0.717) is 13.1 Å². The lowest BCUT2D eigenvalue weighted by atomic mass is 10.0. The molecular formula is C31H35ClN4O2S. The van der Waals surface area contributed by atoms with Crippen molar-refractivity contribution in [1.82, 2.24) is 10.2 Å². The third kappa shape index (κ3) is 6.60. The number of anilines is 2. The lowest BCUT2D eigenvalue weighted by molar-refractivity contribution is -0.128. The molecule has 3 aromatic rings. The second-order valence-corrected chi connectivity index (χ2v) is 11.9. The maximum absolute atomic E-state index is 13.7. The van der Waals surface area contributed by atoms with Crippen LogP contribution in [-0.2, 0) is 16.1 Å². The number of fused-ring (bicyclic) bond motifs is 1. The third-order valence-corrected chi connectivity index (χ3v) is 9.22. The molecule has 5 rings (SSSR count). The molecule has 0 bridgehead atoms. The van der Waals surface area contributed by atoms with Crippen molar-refractivity contribution in [2.75, 3.05) is 49.1 Å². The number of para-hydroxylation sites is 1. The Hall–Kier alpha value is -3.00. The fraction of sp³-hybridized carbons (Fsp3) is 0.355. The van der Waals surface area contributed by atoms with E-state index in [1.54, 1.807) is 0 Å². The van der Waals surface area contributed by atoms with E-state index >= 15 is 0 Å². The van der Waals surface area contributed by atoms with E-state index in [-0.39, 0.29) is 11.8 Å². The molecule has 1 fully saturated rings. The second kappa shape index (κ2) is 12.5. The van der Waals surface area contributed by atoms with Crippen LogP contribution in [0.4, 0.5) is 11.4 Å². The Morgan fingerprint density at radius 3 is 2.51 bits per heavy atom. The first-order valence-electron chi connectivity index (χ1n) is 13.5. The molecule has 2 atom stereocenters. The molecular weight excluding hydrogens is 528 g/mol. The minimum Gasteiger partial charge on any atom is -0.369 e. The highest BCUT2D eigenvalue weighted by Gasteiger charge is 2.39. The number of hydrogen-bond acceptors (Lipinski definition) is 5. The molecule has 3 aromatic carbocycles. The van der Waals surface area contributed by atoms with Crippen molar-refractivity contribution in [1.29, 1.82) is 0 Å². The van der Waals surface area contributed by atoms with E-state index in [0.717, 1.165) is 59.6 Å². The van der Waals surface area contributed by atoms with Crippen LogP contribution < -0.4 is 15.1 Å². The van der Waals surface area contributed by atoms with Gasteiger partial charge in [-0.1, -0.05) is 66.6 Å². The van der Waals surface area contributed by atoms with Gasteiger partial charge >= 0.3 is 0 Å². The molecule has 6 nitrogen and oxygen atoms in total. The van der Waals surface area contributed by atoms with Crippen molar-refractivity contribution in [2.24, 2.45) is 5.92 Å². The zero-order chi connectivity index (χ0) is 27.4. The number of thioether (sulfide) groups is 1. The normalized spacial score (nSPS) is 18.5. The average molecular weight is 563 g/mol. The maximum Gasteiger partial charge on any atom is 0.241 e. The first kappa shape index (κ1) is 27.6. The average Bonchev–Trinajstić information content (AvgIpc) is 2.95. The molecule has 0 aromatic heterocycles. The molecule has 8 heteroatoms. The smallest absolute Gasteiger partial charge is 0.241 e. The molecule has 2 heterocycles. The predicted molar refractivity (Wildman–Crippen MR) is 161 cm³/mol. The van der Waals surface area contributed by atoms with E-state index in [9.17, 15) is 9.59 Å². The van der Waals surface area contributed by atoms with Gasteiger partial charge in [0.2, 0.25) is 11.8 Å². The zero-order valence-corrected chi connectivity index (χ0v) is 24.0. The SMILES string of the molecule is Cc1ccc(CN2C(=O)[C@H]([C@H](C)C(=O)NCCN3CCN(c4cccc(Cl)c4)CC3)Sc3ccccc32)cc1. The highest BCUT2D eigenvalue weighted by atomic mass is 35.5. The molecule has 0 saturated carbocycles. The van der Waals surface area contributed by atoms with Gasteiger partial charge in [0.1, 0.15) is 5.25 Å². The third-order valence-electron chi connectivity index (χ3n) is 7.52. The van der Waals surface area contributed by atoms with Gasteiger partial charge in [0.15, 0.2) is 0 Å². The fourth-order valence-electron chi connectivity index (χ4n) is 5.13. The van der Waals surface area contributed by atoms with E-state index in [1.165, 1.54) is 17.3 Å². The van der Waals surface area contributed by atoms with Crippen LogP contribution in [0.3, 0.4) is 0 Å². The zero-order valence-electron chi connectivity index (χ0n) is 22.5. The fourth-order valence-corrected chi connectivity index (χ4v) is 6.60. The summed E-state index contributed by atoms with van der Waals surface area (Å²) in [6.45, 7) is 9.47. The van der Waals surface area contributed by atoms with Gasteiger partial charge in [0, 0.05) is 54.9 Å². The highest BCUT2D eigenvalue weighted by Crippen LogP contribution is 2.42. The number of carbonyl (C=O) groups excluding carboxylic acids is 2. The first-order valence-corrected chi connectivity index (χ1v) is 14.8. The summed E-state index contributed by atoms with van der Waals surface area (Å²) < 4.78 is 0. The summed E-state index contributed by atoms with van der Waals surface area (Å²) in [5, 5.41) is 3.38. The van der Waals surface area contributed by atoms with Gasteiger partial charge in [0.25, 0.3) is 0 Å². The largest absolute Gasteiger partial charge is 0.369 e. The van der Waals surface area contributed by atoms with Crippen LogP contribution in [-0.4, -0.2) is 61.2 Å². The minimum atomic E-state index is -0.466. The Balaban J connectivity index is 1.15. The molecule has 1 saturated heterocycles. The summed E-state index contributed by atoms with van der Waals surface area (Å²) in [5.74, 6) is -0.539. The van der Waals surface area contributed by atoms with E-state index < -0.39 is 11.2 Å². The van der Waals surface area contributed by atoms with Gasteiger partial charge in [-0.2, -0.15) is 0 Å². The molecule has 39 heavy (non-hydrogen) atoms. The monoisotopic (exact) mass is 562 g/mol. The quantitative estimate of drug-likeness (QED) is 0.407. The molecule has 0 radical (unpaired) electrons. The van der Waals surface area contributed by atoms with Crippen LogP contribution in [0.15, 0.2) is 77.7 Å². The van der Waals surface area contributed by atoms with E-state index in [4.69, 9.17) is 11.6 Å². The molecule has 0 unspecified atom stereocenters. The number of piperazine rings is 1. The Morgan fingerprint density at radius 2 is 1.77 bits per heavy atom. The molecule has 2 aliphatic rings. The van der Waals surface area contributed by atoms with Gasteiger partial charge in [-0.25, -0.2) is 0 Å². The van der Waals surface area contributed by atoms with Crippen LogP contribution in [0, 0.1) is 12.8 Å². The van der Waals surface area contributed by atoms with Crippen LogP contribution in [0.25, 0.3) is 0 Å². The van der Waals surface area contributed by atoms with Crippen molar-refractivity contribution in [3.8, 4) is 0 Å². The Morgan fingerprint density at radius 1 is 1.03 bits per heavy atom. The summed E-state index contributed by atoms with van der Waals surface area (Å²) in [6, 6.07) is 24.2. The van der Waals surface area contributed by atoms with E-state index in [1.807, 2.05) is 54.3 Å². The molecule has 2 aliphatic heterocycles. The van der Waals surface area contributed by atoms with Crippen molar-refractivity contribution < 1.29 is 9.59 Å². The topological polar surface area (TPSA) is 55.9 Å². The van der Waals surface area contributed by atoms with Gasteiger partial charge in [-0.3, -0.25) is 14.5 Å². The number of halogens is 1. The van der Waals surface area contributed by atoms with E-state index in [2.05, 4.69) is 52.4 Å². The summed E-state index contributed by atoms with van der Waals surface area (Å²) in [4.78, 5) is 34.5. The maximum atomic E-state index is 13.7. The molecule has 0 spiro atoms. The summed E-state index contributed by atoms with van der Waals surface area (Å²) in [6.07, 6.45) is 0. The van der Waals surface area contributed by atoms with Crippen molar-refractivity contribution >= 4 is 46.6 Å². The molecule has 2 amide bonds. The minimum absolute atomic E-state index is 0.0148. The number of amides is 2. The van der Waals surface area contributed by atoms with Crippen molar-refractivity contribution in [2.45, 2.75) is 30.5 Å². The Labute approximate surface area is 240 Å². The van der Waals surface area contributed by atoms with Gasteiger partial charge in [-0.15, -0.1) is 11.8 Å². The first-order chi connectivity index (χ1) is 18.9. The Bertz CT molecular complexity index is 1310. The van der Waals surface area contributed by atoms with Gasteiger partial charge in [-0.05, 0) is 42.8 Å². The Kier molecular flexibility index (Phi) is 8.80. The molecule has 0 aliphatic carbocycles.